The Balaban J connectivity index is 1.49. The number of amides is 2. The highest BCUT2D eigenvalue weighted by atomic mass is 19.4. The molecule has 0 saturated heterocycles. The Morgan fingerprint density at radius 2 is 1.77 bits per heavy atom. The molecule has 9 nitrogen and oxygen atoms in total. The van der Waals surface area contributed by atoms with E-state index in [9.17, 15) is 35.9 Å². The predicted molar refractivity (Wildman–Crippen MR) is 141 cm³/mol. The van der Waals surface area contributed by atoms with Crippen LogP contribution in [0.3, 0.4) is 0 Å². The van der Waals surface area contributed by atoms with Gasteiger partial charge in [-0.15, -0.1) is 0 Å². The lowest BCUT2D eigenvalue weighted by atomic mass is 9.81. The van der Waals surface area contributed by atoms with Crippen LogP contribution in [0.1, 0.15) is 104 Å². The molecule has 2 amide bonds. The van der Waals surface area contributed by atoms with Crippen molar-refractivity contribution in [3.05, 3.63) is 40.7 Å². The summed E-state index contributed by atoms with van der Waals surface area (Å²) in [5.74, 6) is -8.63. The molecule has 2 fully saturated rings. The molecule has 0 spiro atoms. The molecule has 5 rings (SSSR count). The fraction of sp³-hybridized carbons (Fsp3) is 0.607. The van der Waals surface area contributed by atoms with Crippen molar-refractivity contribution in [2.45, 2.75) is 94.4 Å². The van der Waals surface area contributed by atoms with Gasteiger partial charge in [0.15, 0.2) is 11.5 Å². The van der Waals surface area contributed by atoms with Crippen LogP contribution in [0, 0.1) is 11.7 Å². The molecule has 0 bridgehead atoms. The third kappa shape index (κ3) is 7.32. The van der Waals surface area contributed by atoms with E-state index in [1.807, 2.05) is 0 Å². The number of hydrogen-bond acceptors (Lipinski definition) is 6. The minimum absolute atomic E-state index is 0.00496. The number of benzene rings is 1. The molecular formula is C28H31F7N6O3. The van der Waals surface area contributed by atoms with E-state index in [1.54, 1.807) is 0 Å². The highest BCUT2D eigenvalue weighted by Crippen LogP contribution is 2.43. The summed E-state index contributed by atoms with van der Waals surface area (Å²) >= 11 is 0. The van der Waals surface area contributed by atoms with E-state index in [1.165, 1.54) is 6.07 Å². The number of aromatic nitrogens is 4. The highest BCUT2D eigenvalue weighted by molar-refractivity contribution is 5.93. The molecule has 2 aromatic heterocycles. The Kier molecular flexibility index (Phi) is 8.39. The Hall–Kier alpha value is -3.72. The zero-order valence-corrected chi connectivity index (χ0v) is 23.8. The molecule has 0 aliphatic heterocycles. The van der Waals surface area contributed by atoms with Gasteiger partial charge in [-0.1, -0.05) is 11.2 Å². The Labute approximate surface area is 246 Å². The lowest BCUT2D eigenvalue weighted by Crippen LogP contribution is -2.39. The monoisotopic (exact) mass is 632 g/mol. The molecule has 2 atom stereocenters. The number of rotatable bonds is 10. The lowest BCUT2D eigenvalue weighted by molar-refractivity contribution is -0.148. The molecule has 3 aromatic rings. The number of alkyl halides is 6. The quantitative estimate of drug-likeness (QED) is 0.230. The number of nitrogens with zero attached hydrogens (tertiary/aromatic N) is 3. The van der Waals surface area contributed by atoms with Crippen molar-refractivity contribution >= 4 is 22.8 Å². The summed E-state index contributed by atoms with van der Waals surface area (Å²) in [5, 5.41) is 12.3. The van der Waals surface area contributed by atoms with Crippen LogP contribution >= 0.6 is 0 Å². The standard InChI is InChI=1S/C28H31F7N6O3/c1-26(2,30)12-36-24(42)16(11-28(33,34)35)15-5-6-17-21(18(15)29)38-23(37-17)20(14-7-9-27(31,32)10-8-14)39-25(43)22-19(13-3-4-13)40-44-41-22/h5-6,13-14,16,20H,3-4,7-12H2,1-2H3,(H,36,42)(H,37,38)(H,39,43). The second kappa shape index (κ2) is 11.7. The van der Waals surface area contributed by atoms with E-state index in [2.05, 4.69) is 30.9 Å². The van der Waals surface area contributed by atoms with Crippen molar-refractivity contribution < 1.29 is 45.0 Å². The first-order valence-corrected chi connectivity index (χ1v) is 14.2. The smallest absolute Gasteiger partial charge is 0.352 e. The van der Waals surface area contributed by atoms with E-state index in [-0.39, 0.29) is 35.8 Å². The van der Waals surface area contributed by atoms with Crippen molar-refractivity contribution in [1.82, 2.24) is 30.9 Å². The van der Waals surface area contributed by atoms with Crippen molar-refractivity contribution in [2.75, 3.05) is 6.54 Å². The number of imidazole rings is 1. The van der Waals surface area contributed by atoms with E-state index < -0.39 is 90.2 Å². The average molecular weight is 633 g/mol. The third-order valence-corrected chi connectivity index (χ3v) is 7.96. The van der Waals surface area contributed by atoms with Gasteiger partial charge in [-0.3, -0.25) is 9.59 Å². The molecule has 2 unspecified atom stereocenters. The zero-order chi connectivity index (χ0) is 32.0. The summed E-state index contributed by atoms with van der Waals surface area (Å²) in [7, 11) is 0. The van der Waals surface area contributed by atoms with Gasteiger partial charge in [0.2, 0.25) is 11.8 Å². The summed E-state index contributed by atoms with van der Waals surface area (Å²) in [4.78, 5) is 33.1. The van der Waals surface area contributed by atoms with Crippen LogP contribution in [0.4, 0.5) is 30.7 Å². The fourth-order valence-corrected chi connectivity index (χ4v) is 5.48. The molecule has 2 aliphatic rings. The predicted octanol–water partition coefficient (Wildman–Crippen LogP) is 6.16. The minimum Gasteiger partial charge on any atom is -0.352 e. The molecule has 1 aromatic carbocycles. The Morgan fingerprint density at radius 3 is 2.39 bits per heavy atom. The molecule has 2 saturated carbocycles. The van der Waals surface area contributed by atoms with Crippen LogP contribution in [0.2, 0.25) is 0 Å². The zero-order valence-electron chi connectivity index (χ0n) is 23.8. The fourth-order valence-electron chi connectivity index (χ4n) is 5.48. The number of carbonyl (C=O) groups is 2. The summed E-state index contributed by atoms with van der Waals surface area (Å²) in [6.45, 7) is 1.65. The van der Waals surface area contributed by atoms with E-state index in [0.29, 0.717) is 5.69 Å². The van der Waals surface area contributed by atoms with Crippen molar-refractivity contribution in [2.24, 2.45) is 5.92 Å². The van der Waals surface area contributed by atoms with E-state index in [0.717, 1.165) is 32.8 Å². The maximum Gasteiger partial charge on any atom is 0.390 e. The molecule has 2 aliphatic carbocycles. The molecule has 0 radical (unpaired) electrons. The summed E-state index contributed by atoms with van der Waals surface area (Å²) in [6, 6.07) is 1.22. The summed E-state index contributed by atoms with van der Waals surface area (Å²) in [6.07, 6.45) is -5.91. The molecule has 3 N–H and O–H groups in total. The summed E-state index contributed by atoms with van der Waals surface area (Å²) < 4.78 is 103. The molecule has 44 heavy (non-hydrogen) atoms. The first-order chi connectivity index (χ1) is 20.5. The van der Waals surface area contributed by atoms with E-state index in [4.69, 9.17) is 4.63 Å². The molecular weight excluding hydrogens is 601 g/mol. The summed E-state index contributed by atoms with van der Waals surface area (Å²) in [5.41, 5.74) is -2.61. The van der Waals surface area contributed by atoms with Crippen LogP contribution in [-0.2, 0) is 4.79 Å². The Bertz CT molecular complexity index is 1520. The van der Waals surface area contributed by atoms with Crippen molar-refractivity contribution in [3.8, 4) is 0 Å². The van der Waals surface area contributed by atoms with Crippen LogP contribution in [0.25, 0.3) is 11.0 Å². The van der Waals surface area contributed by atoms with Gasteiger partial charge < -0.3 is 15.6 Å². The second-order valence-electron chi connectivity index (χ2n) is 12.2. The van der Waals surface area contributed by atoms with Gasteiger partial charge in [0, 0.05) is 24.3 Å². The molecule has 2 heterocycles. The minimum atomic E-state index is -4.86. The van der Waals surface area contributed by atoms with Crippen LogP contribution in [-0.4, -0.2) is 56.4 Å². The van der Waals surface area contributed by atoms with Gasteiger partial charge in [0.05, 0.1) is 30.4 Å². The van der Waals surface area contributed by atoms with Gasteiger partial charge in [-0.25, -0.2) is 27.2 Å². The van der Waals surface area contributed by atoms with Gasteiger partial charge in [0.25, 0.3) is 5.91 Å². The number of halogens is 7. The Morgan fingerprint density at radius 1 is 1.09 bits per heavy atom. The SMILES string of the molecule is CC(C)(F)CNC(=O)C(CC(F)(F)F)c1ccc2[nH]c(C(NC(=O)c3nonc3C3CC3)C3CCC(F)(F)CC3)nc2c1F. The number of aromatic amines is 1. The van der Waals surface area contributed by atoms with Gasteiger partial charge >= 0.3 is 6.18 Å². The van der Waals surface area contributed by atoms with Crippen LogP contribution in [0.15, 0.2) is 16.8 Å². The first kappa shape index (κ1) is 31.7. The van der Waals surface area contributed by atoms with E-state index >= 15 is 4.39 Å². The van der Waals surface area contributed by atoms with Crippen LogP contribution in [0.5, 0.6) is 0 Å². The maximum absolute atomic E-state index is 15.9. The number of fused-ring (bicyclic) bond motifs is 1. The molecule has 240 valence electrons. The molecule has 16 heteroatoms. The van der Waals surface area contributed by atoms with Gasteiger partial charge in [-0.05, 0) is 56.7 Å². The average Bonchev–Trinajstić information content (AvgIpc) is 3.47. The van der Waals surface area contributed by atoms with Gasteiger partial charge in [0.1, 0.15) is 22.7 Å². The first-order valence-electron chi connectivity index (χ1n) is 14.2. The number of hydrogen-bond donors (Lipinski definition) is 3. The van der Waals surface area contributed by atoms with Crippen molar-refractivity contribution in [3.63, 3.8) is 0 Å². The number of H-pyrrole nitrogens is 1. The lowest BCUT2D eigenvalue weighted by Gasteiger charge is -2.33. The normalized spacial score (nSPS) is 19.1. The second-order valence-corrected chi connectivity index (χ2v) is 12.2. The third-order valence-electron chi connectivity index (χ3n) is 7.96. The van der Waals surface area contributed by atoms with Crippen molar-refractivity contribution in [1.29, 1.82) is 0 Å². The maximum atomic E-state index is 15.9. The number of carbonyl (C=O) groups excluding carboxylic acids is 2. The number of nitrogens with one attached hydrogen (secondary N) is 3. The van der Waals surface area contributed by atoms with Gasteiger partial charge in [-0.2, -0.15) is 13.2 Å². The highest BCUT2D eigenvalue weighted by Gasteiger charge is 2.42. The topological polar surface area (TPSA) is 126 Å². The van der Waals surface area contributed by atoms with Crippen LogP contribution < -0.4 is 10.6 Å². The largest absolute Gasteiger partial charge is 0.390 e.